The lowest BCUT2D eigenvalue weighted by Gasteiger charge is -2.15. The number of phenolic OH excluding ortho intramolecular Hbond substituents is 2. The van der Waals surface area contributed by atoms with Crippen molar-refractivity contribution in [2.75, 3.05) is 28.2 Å². The Labute approximate surface area is 105 Å². The molecule has 0 fully saturated rings. The average molecular weight is 252 g/mol. The Hall–Kier alpha value is -2.24. The molecule has 0 aliphatic carbocycles. The molecular formula is C12H16N2O4. The third-order valence-electron chi connectivity index (χ3n) is 2.39. The van der Waals surface area contributed by atoms with Crippen molar-refractivity contribution in [2.24, 2.45) is 0 Å². The smallest absolute Gasteiger partial charge is 0.257 e. The van der Waals surface area contributed by atoms with Gasteiger partial charge in [0.2, 0.25) is 0 Å². The maximum Gasteiger partial charge on any atom is 0.257 e. The summed E-state index contributed by atoms with van der Waals surface area (Å²) in [4.78, 5) is 25.9. The molecule has 0 saturated carbocycles. The van der Waals surface area contributed by atoms with Gasteiger partial charge in [-0.3, -0.25) is 9.59 Å². The SMILES string of the molecule is CN(C)C(=O)c1cc(O)c(C(=O)N(C)C)cc1O. The number of carbonyl (C=O) groups is 2. The minimum absolute atomic E-state index is 0.0483. The van der Waals surface area contributed by atoms with E-state index in [1.165, 1.54) is 38.0 Å². The van der Waals surface area contributed by atoms with Crippen molar-refractivity contribution < 1.29 is 19.8 Å². The van der Waals surface area contributed by atoms with Gasteiger partial charge in [0.15, 0.2) is 0 Å². The molecular weight excluding hydrogens is 236 g/mol. The summed E-state index contributed by atoms with van der Waals surface area (Å²) in [7, 11) is 6.10. The summed E-state index contributed by atoms with van der Waals surface area (Å²) < 4.78 is 0. The maximum absolute atomic E-state index is 11.7. The van der Waals surface area contributed by atoms with Crippen LogP contribution in [-0.4, -0.2) is 60.0 Å². The summed E-state index contributed by atoms with van der Waals surface area (Å²) in [5.41, 5.74) is -0.0967. The summed E-state index contributed by atoms with van der Waals surface area (Å²) in [5, 5.41) is 19.5. The molecule has 0 aliphatic heterocycles. The van der Waals surface area contributed by atoms with E-state index in [9.17, 15) is 19.8 Å². The largest absolute Gasteiger partial charge is 0.507 e. The van der Waals surface area contributed by atoms with Crippen LogP contribution in [0.5, 0.6) is 11.5 Å². The monoisotopic (exact) mass is 252 g/mol. The van der Waals surface area contributed by atoms with Crippen molar-refractivity contribution in [3.05, 3.63) is 23.3 Å². The van der Waals surface area contributed by atoms with Crippen molar-refractivity contribution in [1.82, 2.24) is 9.80 Å². The number of benzene rings is 1. The number of rotatable bonds is 2. The van der Waals surface area contributed by atoms with Gasteiger partial charge in [-0.05, 0) is 12.1 Å². The summed E-state index contributed by atoms with van der Waals surface area (Å²) >= 11 is 0. The van der Waals surface area contributed by atoms with Crippen LogP contribution in [0.2, 0.25) is 0 Å². The zero-order valence-corrected chi connectivity index (χ0v) is 10.8. The van der Waals surface area contributed by atoms with Crippen LogP contribution in [0.4, 0.5) is 0 Å². The zero-order valence-electron chi connectivity index (χ0n) is 10.8. The molecule has 0 aromatic heterocycles. The fraction of sp³-hybridized carbons (Fsp3) is 0.333. The highest BCUT2D eigenvalue weighted by molar-refractivity contribution is 6.01. The second-order valence-electron chi connectivity index (χ2n) is 4.29. The standard InChI is InChI=1S/C12H16N2O4/c1-13(2)11(17)7-5-10(16)8(6-9(7)15)12(18)14(3)4/h5-6,15-16H,1-4H3. The first kappa shape index (κ1) is 13.8. The summed E-state index contributed by atoms with van der Waals surface area (Å²) in [6, 6.07) is 2.18. The van der Waals surface area contributed by atoms with Crippen LogP contribution in [0.25, 0.3) is 0 Å². The van der Waals surface area contributed by atoms with Gasteiger partial charge in [0.05, 0.1) is 11.1 Å². The quantitative estimate of drug-likeness (QED) is 0.751. The van der Waals surface area contributed by atoms with E-state index in [2.05, 4.69) is 0 Å². The molecule has 98 valence electrons. The molecule has 0 bridgehead atoms. The average Bonchev–Trinajstić information content (AvgIpc) is 2.29. The molecule has 0 aliphatic rings. The summed E-state index contributed by atoms with van der Waals surface area (Å²) in [6.45, 7) is 0. The van der Waals surface area contributed by atoms with Crippen LogP contribution in [0.15, 0.2) is 12.1 Å². The molecule has 0 saturated heterocycles. The highest BCUT2D eigenvalue weighted by atomic mass is 16.3. The predicted molar refractivity (Wildman–Crippen MR) is 65.8 cm³/mol. The molecule has 0 heterocycles. The second-order valence-corrected chi connectivity index (χ2v) is 4.29. The number of hydrogen-bond donors (Lipinski definition) is 2. The maximum atomic E-state index is 11.7. The lowest BCUT2D eigenvalue weighted by atomic mass is 10.1. The molecule has 0 unspecified atom stereocenters. The molecule has 6 heteroatoms. The lowest BCUT2D eigenvalue weighted by molar-refractivity contribution is 0.0810. The molecule has 1 aromatic carbocycles. The van der Waals surface area contributed by atoms with Gasteiger partial charge in [-0.25, -0.2) is 0 Å². The Bertz CT molecular complexity index is 449. The van der Waals surface area contributed by atoms with Crippen LogP contribution in [-0.2, 0) is 0 Å². The molecule has 1 rings (SSSR count). The zero-order chi connectivity index (χ0) is 14.0. The van der Waals surface area contributed by atoms with Crippen molar-refractivity contribution >= 4 is 11.8 Å². The number of phenols is 2. The van der Waals surface area contributed by atoms with Crippen LogP contribution < -0.4 is 0 Å². The number of carbonyl (C=O) groups excluding carboxylic acids is 2. The fourth-order valence-electron chi connectivity index (χ4n) is 1.40. The molecule has 6 nitrogen and oxygen atoms in total. The van der Waals surface area contributed by atoms with Gasteiger partial charge in [-0.2, -0.15) is 0 Å². The molecule has 0 atom stereocenters. The highest BCUT2D eigenvalue weighted by Crippen LogP contribution is 2.28. The minimum Gasteiger partial charge on any atom is -0.507 e. The van der Waals surface area contributed by atoms with E-state index >= 15 is 0 Å². The third-order valence-corrected chi connectivity index (χ3v) is 2.39. The Morgan fingerprint density at radius 2 is 1.11 bits per heavy atom. The normalized spacial score (nSPS) is 10.0. The molecule has 0 spiro atoms. The molecule has 0 radical (unpaired) electrons. The molecule has 2 N–H and O–H groups in total. The van der Waals surface area contributed by atoms with Crippen LogP contribution in [0.3, 0.4) is 0 Å². The van der Waals surface area contributed by atoms with E-state index < -0.39 is 11.8 Å². The minimum atomic E-state index is -0.452. The number of nitrogens with zero attached hydrogens (tertiary/aromatic N) is 2. The van der Waals surface area contributed by atoms with Crippen molar-refractivity contribution in [3.63, 3.8) is 0 Å². The van der Waals surface area contributed by atoms with E-state index in [1.54, 1.807) is 0 Å². The highest BCUT2D eigenvalue weighted by Gasteiger charge is 2.20. The van der Waals surface area contributed by atoms with Gasteiger partial charge in [-0.1, -0.05) is 0 Å². The van der Waals surface area contributed by atoms with Crippen molar-refractivity contribution in [3.8, 4) is 11.5 Å². The molecule has 1 aromatic rings. The van der Waals surface area contributed by atoms with Gasteiger partial charge in [0.1, 0.15) is 11.5 Å². The van der Waals surface area contributed by atoms with Gasteiger partial charge in [0.25, 0.3) is 11.8 Å². The first-order valence-electron chi connectivity index (χ1n) is 5.25. The number of hydrogen-bond acceptors (Lipinski definition) is 4. The second kappa shape index (κ2) is 4.95. The first-order valence-corrected chi connectivity index (χ1v) is 5.25. The van der Waals surface area contributed by atoms with E-state index in [-0.39, 0.29) is 22.6 Å². The van der Waals surface area contributed by atoms with Crippen LogP contribution in [0.1, 0.15) is 20.7 Å². The summed E-state index contributed by atoms with van der Waals surface area (Å²) in [6.07, 6.45) is 0. The number of aromatic hydroxyl groups is 2. The van der Waals surface area contributed by atoms with Gasteiger partial charge >= 0.3 is 0 Å². The van der Waals surface area contributed by atoms with E-state index in [4.69, 9.17) is 0 Å². The Morgan fingerprint density at radius 3 is 1.33 bits per heavy atom. The number of amides is 2. The Morgan fingerprint density at radius 1 is 0.833 bits per heavy atom. The van der Waals surface area contributed by atoms with E-state index in [1.807, 2.05) is 0 Å². The Kier molecular flexibility index (Phi) is 3.80. The van der Waals surface area contributed by atoms with E-state index in [0.717, 1.165) is 12.1 Å². The van der Waals surface area contributed by atoms with Crippen LogP contribution in [0, 0.1) is 0 Å². The predicted octanol–water partition coefficient (Wildman–Crippen LogP) is 0.501. The molecule has 18 heavy (non-hydrogen) atoms. The van der Waals surface area contributed by atoms with Gasteiger partial charge in [0, 0.05) is 28.2 Å². The molecule has 2 amide bonds. The van der Waals surface area contributed by atoms with Crippen LogP contribution >= 0.6 is 0 Å². The third kappa shape index (κ3) is 2.53. The van der Waals surface area contributed by atoms with Crippen molar-refractivity contribution in [1.29, 1.82) is 0 Å². The Balaban J connectivity index is 3.29. The van der Waals surface area contributed by atoms with Gasteiger partial charge < -0.3 is 20.0 Å². The first-order chi connectivity index (χ1) is 8.25. The summed E-state index contributed by atoms with van der Waals surface area (Å²) in [5.74, 6) is -1.58. The topological polar surface area (TPSA) is 81.1 Å². The van der Waals surface area contributed by atoms with Crippen molar-refractivity contribution in [2.45, 2.75) is 0 Å². The van der Waals surface area contributed by atoms with E-state index in [0.29, 0.717) is 0 Å². The lowest BCUT2D eigenvalue weighted by Crippen LogP contribution is -2.23. The van der Waals surface area contributed by atoms with Gasteiger partial charge in [-0.15, -0.1) is 0 Å². The fourth-order valence-corrected chi connectivity index (χ4v) is 1.40.